The Morgan fingerprint density at radius 3 is 2.84 bits per heavy atom. The molecule has 2 fully saturated rings. The van der Waals surface area contributed by atoms with Crippen LogP contribution in [0.4, 0.5) is 0 Å². The number of fused-ring (bicyclic) bond motifs is 1. The second-order valence-electron chi connectivity index (χ2n) is 6.43. The molecule has 2 atom stereocenters. The van der Waals surface area contributed by atoms with Gasteiger partial charge in [-0.05, 0) is 19.8 Å². The van der Waals surface area contributed by atoms with Crippen LogP contribution in [0.1, 0.15) is 24.2 Å². The number of aromatic nitrogens is 2. The van der Waals surface area contributed by atoms with Gasteiger partial charge in [-0.1, -0.05) is 10.3 Å². The molecule has 2 aliphatic heterocycles. The largest absolute Gasteiger partial charge is 0.383 e. The molecule has 2 amide bonds. The van der Waals surface area contributed by atoms with Gasteiger partial charge < -0.3 is 19.3 Å². The van der Waals surface area contributed by atoms with Crippen molar-refractivity contribution in [3.05, 3.63) is 11.4 Å². The number of aryl methyl sites for hydroxylation is 1. The number of carbonyl (C=O) groups is 2. The SMILES string of the molecule is COCCN1C(=O)CO[C@H]2CCN(C(=O)Cc3nonc3C)CC[C@@H]21. The molecule has 0 aliphatic carbocycles. The zero-order valence-corrected chi connectivity index (χ0v) is 14.6. The van der Waals surface area contributed by atoms with Gasteiger partial charge in [0.2, 0.25) is 11.8 Å². The molecule has 138 valence electrons. The van der Waals surface area contributed by atoms with E-state index in [1.54, 1.807) is 14.0 Å². The van der Waals surface area contributed by atoms with Gasteiger partial charge in [0.25, 0.3) is 0 Å². The van der Waals surface area contributed by atoms with Crippen molar-refractivity contribution in [3.8, 4) is 0 Å². The van der Waals surface area contributed by atoms with E-state index in [4.69, 9.17) is 9.47 Å². The van der Waals surface area contributed by atoms with E-state index in [2.05, 4.69) is 14.9 Å². The number of hydrogen-bond acceptors (Lipinski definition) is 7. The fourth-order valence-corrected chi connectivity index (χ4v) is 3.45. The van der Waals surface area contributed by atoms with E-state index in [1.165, 1.54) is 0 Å². The zero-order valence-electron chi connectivity index (χ0n) is 14.6. The van der Waals surface area contributed by atoms with Gasteiger partial charge >= 0.3 is 0 Å². The summed E-state index contributed by atoms with van der Waals surface area (Å²) in [6.07, 6.45) is 1.55. The lowest BCUT2D eigenvalue weighted by molar-refractivity contribution is -0.158. The number of rotatable bonds is 5. The van der Waals surface area contributed by atoms with E-state index < -0.39 is 0 Å². The lowest BCUT2D eigenvalue weighted by Gasteiger charge is -2.40. The number of nitrogens with zero attached hydrogens (tertiary/aromatic N) is 4. The van der Waals surface area contributed by atoms with Crippen molar-refractivity contribution in [1.82, 2.24) is 20.1 Å². The highest BCUT2D eigenvalue weighted by Crippen LogP contribution is 2.24. The van der Waals surface area contributed by atoms with E-state index in [9.17, 15) is 9.59 Å². The first-order valence-corrected chi connectivity index (χ1v) is 8.56. The van der Waals surface area contributed by atoms with Crippen molar-refractivity contribution in [1.29, 1.82) is 0 Å². The second kappa shape index (κ2) is 7.92. The number of amides is 2. The van der Waals surface area contributed by atoms with E-state index in [0.29, 0.717) is 50.5 Å². The van der Waals surface area contributed by atoms with Crippen molar-refractivity contribution < 1.29 is 23.7 Å². The zero-order chi connectivity index (χ0) is 17.8. The molecular formula is C16H24N4O5. The van der Waals surface area contributed by atoms with Gasteiger partial charge in [0.15, 0.2) is 0 Å². The van der Waals surface area contributed by atoms with Gasteiger partial charge in [0.1, 0.15) is 18.0 Å². The first-order valence-electron chi connectivity index (χ1n) is 8.56. The first-order chi connectivity index (χ1) is 12.1. The monoisotopic (exact) mass is 352 g/mol. The normalized spacial score (nSPS) is 24.2. The molecule has 0 bridgehead atoms. The van der Waals surface area contributed by atoms with Crippen LogP contribution in [-0.4, -0.2) is 84.0 Å². The van der Waals surface area contributed by atoms with Crippen LogP contribution >= 0.6 is 0 Å². The molecule has 3 heterocycles. The third kappa shape index (κ3) is 3.98. The van der Waals surface area contributed by atoms with Gasteiger partial charge in [-0.2, -0.15) is 0 Å². The Hall–Kier alpha value is -2.00. The molecule has 25 heavy (non-hydrogen) atoms. The van der Waals surface area contributed by atoms with E-state index in [-0.39, 0.29) is 37.0 Å². The summed E-state index contributed by atoms with van der Waals surface area (Å²) < 4.78 is 15.5. The molecular weight excluding hydrogens is 328 g/mol. The number of morpholine rings is 1. The first kappa shape index (κ1) is 17.8. The molecule has 9 nitrogen and oxygen atoms in total. The number of hydrogen-bond donors (Lipinski definition) is 0. The van der Waals surface area contributed by atoms with Crippen LogP contribution < -0.4 is 0 Å². The van der Waals surface area contributed by atoms with Gasteiger partial charge in [-0.25, -0.2) is 4.63 Å². The second-order valence-corrected chi connectivity index (χ2v) is 6.43. The number of likely N-dealkylation sites (tertiary alicyclic amines) is 1. The fourth-order valence-electron chi connectivity index (χ4n) is 3.45. The van der Waals surface area contributed by atoms with Crippen molar-refractivity contribution in [2.75, 3.05) is 40.0 Å². The highest BCUT2D eigenvalue weighted by Gasteiger charge is 2.38. The Morgan fingerprint density at radius 2 is 2.12 bits per heavy atom. The standard InChI is InChI=1S/C16H24N4O5/c1-11-12(18-25-17-11)9-15(21)19-5-3-13-14(4-6-19)24-10-16(22)20(13)7-8-23-2/h13-14H,3-10H2,1-2H3/t13-,14-/m0/s1. The molecule has 1 aromatic rings. The maximum Gasteiger partial charge on any atom is 0.249 e. The summed E-state index contributed by atoms with van der Waals surface area (Å²) >= 11 is 0. The lowest BCUT2D eigenvalue weighted by atomic mass is 10.0. The molecule has 2 saturated heterocycles. The Balaban J connectivity index is 1.63. The van der Waals surface area contributed by atoms with Crippen LogP contribution in [0.15, 0.2) is 4.63 Å². The molecule has 1 aromatic heterocycles. The lowest BCUT2D eigenvalue weighted by Crippen LogP contribution is -2.55. The van der Waals surface area contributed by atoms with Gasteiger partial charge in [-0.15, -0.1) is 0 Å². The van der Waals surface area contributed by atoms with Crippen LogP contribution in [0, 0.1) is 6.92 Å². The highest BCUT2D eigenvalue weighted by atomic mass is 16.6. The third-order valence-electron chi connectivity index (χ3n) is 4.90. The quantitative estimate of drug-likeness (QED) is 0.723. The van der Waals surface area contributed by atoms with E-state index >= 15 is 0 Å². The Bertz CT molecular complexity index is 619. The van der Waals surface area contributed by atoms with Crippen LogP contribution in [0.5, 0.6) is 0 Å². The number of ether oxygens (including phenoxy) is 2. The van der Waals surface area contributed by atoms with Crippen molar-refractivity contribution in [2.24, 2.45) is 0 Å². The minimum absolute atomic E-state index is 0.00721. The van der Waals surface area contributed by atoms with E-state index in [0.717, 1.165) is 0 Å². The number of carbonyl (C=O) groups excluding carboxylic acids is 2. The van der Waals surface area contributed by atoms with E-state index in [1.807, 2.05) is 9.80 Å². The van der Waals surface area contributed by atoms with Crippen LogP contribution in [-0.2, 0) is 25.5 Å². The maximum absolute atomic E-state index is 12.6. The minimum atomic E-state index is -0.0391. The van der Waals surface area contributed by atoms with Crippen LogP contribution in [0.25, 0.3) is 0 Å². The maximum atomic E-state index is 12.6. The Labute approximate surface area is 146 Å². The molecule has 0 aromatic carbocycles. The summed E-state index contributed by atoms with van der Waals surface area (Å²) in [4.78, 5) is 28.4. The van der Waals surface area contributed by atoms with Crippen molar-refractivity contribution in [2.45, 2.75) is 38.3 Å². The predicted molar refractivity (Wildman–Crippen MR) is 85.7 cm³/mol. The Morgan fingerprint density at radius 1 is 1.32 bits per heavy atom. The van der Waals surface area contributed by atoms with Crippen molar-refractivity contribution >= 4 is 11.8 Å². The smallest absolute Gasteiger partial charge is 0.249 e. The summed E-state index contributed by atoms with van der Waals surface area (Å²) in [6, 6.07) is -0.00958. The van der Waals surface area contributed by atoms with Crippen LogP contribution in [0.3, 0.4) is 0 Å². The molecule has 2 aliphatic rings. The Kier molecular flexibility index (Phi) is 5.64. The highest BCUT2D eigenvalue weighted by molar-refractivity contribution is 5.79. The summed E-state index contributed by atoms with van der Waals surface area (Å²) in [7, 11) is 1.62. The van der Waals surface area contributed by atoms with Crippen molar-refractivity contribution in [3.63, 3.8) is 0 Å². The predicted octanol–water partition coefficient (Wildman–Crippen LogP) is -0.215. The summed E-state index contributed by atoms with van der Waals surface area (Å²) in [5.41, 5.74) is 1.20. The average Bonchev–Trinajstić information content (AvgIpc) is 2.87. The molecule has 0 saturated carbocycles. The molecule has 0 unspecified atom stereocenters. The number of methoxy groups -OCH3 is 1. The molecule has 0 spiro atoms. The average molecular weight is 352 g/mol. The topological polar surface area (TPSA) is 98.0 Å². The van der Waals surface area contributed by atoms with Gasteiger partial charge in [0, 0.05) is 26.7 Å². The fraction of sp³-hybridized carbons (Fsp3) is 0.750. The van der Waals surface area contributed by atoms with Gasteiger partial charge in [0.05, 0.1) is 25.2 Å². The third-order valence-corrected chi connectivity index (χ3v) is 4.90. The minimum Gasteiger partial charge on any atom is -0.383 e. The molecule has 9 heteroatoms. The summed E-state index contributed by atoms with van der Waals surface area (Å²) in [5.74, 6) is -0.0189. The molecule has 3 rings (SSSR count). The van der Waals surface area contributed by atoms with Crippen LogP contribution in [0.2, 0.25) is 0 Å². The summed E-state index contributed by atoms with van der Waals surface area (Å²) in [6.45, 7) is 4.11. The van der Waals surface area contributed by atoms with Gasteiger partial charge in [-0.3, -0.25) is 9.59 Å². The summed E-state index contributed by atoms with van der Waals surface area (Å²) in [5, 5.41) is 7.48. The molecule has 0 N–H and O–H groups in total. The molecule has 0 radical (unpaired) electrons.